The number of alkyl halides is 3. The highest BCUT2D eigenvalue weighted by molar-refractivity contribution is 7.17. The zero-order valence-corrected chi connectivity index (χ0v) is 18.3. The van der Waals surface area contributed by atoms with Gasteiger partial charge in [-0.1, -0.05) is 13.8 Å². The molecule has 0 spiro atoms. The number of thiophene rings is 1. The van der Waals surface area contributed by atoms with Gasteiger partial charge in [-0.15, -0.1) is 11.3 Å². The largest absolute Gasteiger partial charge is 0.449 e. The van der Waals surface area contributed by atoms with Crippen LogP contribution in [-0.2, 0) is 10.9 Å². The van der Waals surface area contributed by atoms with Gasteiger partial charge in [0.1, 0.15) is 5.82 Å². The van der Waals surface area contributed by atoms with Crippen molar-refractivity contribution in [1.82, 2.24) is 15.6 Å². The van der Waals surface area contributed by atoms with E-state index in [0.29, 0.717) is 32.5 Å². The zero-order chi connectivity index (χ0) is 22.8. The molecule has 0 radical (unpaired) electrons. The molecular formula is C20H25F3N4O3S. The fourth-order valence-electron chi connectivity index (χ4n) is 3.37. The summed E-state index contributed by atoms with van der Waals surface area (Å²) in [4.78, 5) is 30.1. The van der Waals surface area contributed by atoms with Gasteiger partial charge in [-0.2, -0.15) is 13.2 Å². The average Bonchev–Trinajstić information content (AvgIpc) is 3.14. The minimum absolute atomic E-state index is 0.0479. The van der Waals surface area contributed by atoms with Crippen LogP contribution in [0.1, 0.15) is 42.6 Å². The fourth-order valence-corrected chi connectivity index (χ4v) is 4.39. The van der Waals surface area contributed by atoms with Gasteiger partial charge < -0.3 is 20.3 Å². The Bertz CT molecular complexity index is 953. The van der Waals surface area contributed by atoms with Crippen molar-refractivity contribution in [2.75, 3.05) is 31.6 Å². The van der Waals surface area contributed by atoms with Gasteiger partial charge >= 0.3 is 12.3 Å². The molecule has 2 aromatic heterocycles. The molecule has 0 bridgehead atoms. The number of amides is 2. The molecule has 0 aromatic carbocycles. The van der Waals surface area contributed by atoms with E-state index in [1.807, 2.05) is 13.8 Å². The van der Waals surface area contributed by atoms with E-state index in [0.717, 1.165) is 17.4 Å². The number of nitrogens with zero attached hydrogens (tertiary/aromatic N) is 2. The van der Waals surface area contributed by atoms with Crippen LogP contribution in [0.15, 0.2) is 11.4 Å². The smallest absolute Gasteiger partial charge is 0.417 e. The summed E-state index contributed by atoms with van der Waals surface area (Å²) in [6.45, 7) is 5.04. The molecule has 7 nitrogen and oxygen atoms in total. The maximum atomic E-state index is 13.7. The normalized spacial score (nSPS) is 15.4. The first-order valence-corrected chi connectivity index (χ1v) is 10.9. The number of nitrogens with one attached hydrogen (secondary N) is 2. The van der Waals surface area contributed by atoms with Crippen LogP contribution in [-0.4, -0.2) is 49.8 Å². The monoisotopic (exact) mass is 458 g/mol. The van der Waals surface area contributed by atoms with Gasteiger partial charge in [0, 0.05) is 31.6 Å². The number of halogens is 3. The van der Waals surface area contributed by atoms with Crippen LogP contribution >= 0.6 is 11.3 Å². The molecule has 31 heavy (non-hydrogen) atoms. The summed E-state index contributed by atoms with van der Waals surface area (Å²) in [7, 11) is 1.42. The summed E-state index contributed by atoms with van der Waals surface area (Å²) in [6, 6.07) is 0.918. The number of aromatic nitrogens is 1. The lowest BCUT2D eigenvalue weighted by molar-refractivity contribution is -0.136. The van der Waals surface area contributed by atoms with Gasteiger partial charge in [0.2, 0.25) is 0 Å². The first-order valence-electron chi connectivity index (χ1n) is 10.00. The summed E-state index contributed by atoms with van der Waals surface area (Å²) in [5, 5.41) is 6.64. The lowest BCUT2D eigenvalue weighted by atomic mass is 10.0. The Morgan fingerprint density at radius 3 is 2.58 bits per heavy atom. The molecule has 1 aliphatic rings. The van der Waals surface area contributed by atoms with Crippen LogP contribution in [0, 0.1) is 5.92 Å². The van der Waals surface area contributed by atoms with Crippen molar-refractivity contribution < 1.29 is 27.5 Å². The fraction of sp³-hybridized carbons (Fsp3) is 0.550. The molecule has 1 saturated heterocycles. The molecule has 0 atom stereocenters. The molecule has 3 rings (SSSR count). The summed E-state index contributed by atoms with van der Waals surface area (Å²) in [6.07, 6.45) is -3.96. The van der Waals surface area contributed by atoms with E-state index in [-0.39, 0.29) is 33.6 Å². The number of hydrogen-bond acceptors (Lipinski definition) is 6. The molecule has 0 saturated carbocycles. The van der Waals surface area contributed by atoms with Crippen molar-refractivity contribution >= 4 is 39.4 Å². The number of fused-ring (bicyclic) bond motifs is 1. The predicted octanol–water partition coefficient (Wildman–Crippen LogP) is 4.03. The first-order chi connectivity index (χ1) is 14.6. The number of ether oxygens (including phenoxy) is 1. The van der Waals surface area contributed by atoms with Gasteiger partial charge in [0.05, 0.1) is 28.0 Å². The van der Waals surface area contributed by atoms with Crippen LogP contribution in [0.2, 0.25) is 0 Å². The molecule has 3 heterocycles. The summed E-state index contributed by atoms with van der Waals surface area (Å²) in [5.41, 5.74) is -0.629. The number of rotatable bonds is 5. The third-order valence-electron chi connectivity index (χ3n) is 4.98. The number of carbonyl (C=O) groups is 2. The summed E-state index contributed by atoms with van der Waals surface area (Å²) in [5.74, 6) is -0.0794. The highest BCUT2D eigenvalue weighted by Gasteiger charge is 2.36. The van der Waals surface area contributed by atoms with E-state index in [1.54, 1.807) is 4.90 Å². The number of carbonyl (C=O) groups excluding carboxylic acids is 2. The summed E-state index contributed by atoms with van der Waals surface area (Å²) < 4.78 is 46.1. The highest BCUT2D eigenvalue weighted by Crippen LogP contribution is 2.40. The maximum absolute atomic E-state index is 13.7. The Balaban J connectivity index is 1.79. The van der Waals surface area contributed by atoms with Crippen LogP contribution in [0.4, 0.5) is 23.8 Å². The van der Waals surface area contributed by atoms with Gasteiger partial charge in [-0.25, -0.2) is 9.78 Å². The van der Waals surface area contributed by atoms with Gasteiger partial charge in [-0.05, 0) is 24.8 Å². The molecule has 2 N–H and O–H groups in total. The number of alkyl carbamates (subject to hydrolysis) is 1. The van der Waals surface area contributed by atoms with E-state index in [2.05, 4.69) is 15.6 Å². The molecular weight excluding hydrogens is 433 g/mol. The van der Waals surface area contributed by atoms with E-state index in [1.165, 1.54) is 12.4 Å². The SMILES string of the molecule is CNC(=O)c1csc2c(C(F)(F)F)cc(N3CCC(NC(=O)OCC(C)C)CC3)nc12. The lowest BCUT2D eigenvalue weighted by Gasteiger charge is -2.33. The first kappa shape index (κ1) is 23.1. The van der Waals surface area contributed by atoms with Crippen molar-refractivity contribution in [2.45, 2.75) is 38.9 Å². The Hall–Kier alpha value is -2.56. The molecule has 170 valence electrons. The van der Waals surface area contributed by atoms with E-state index < -0.39 is 23.7 Å². The quantitative estimate of drug-likeness (QED) is 0.707. The Morgan fingerprint density at radius 1 is 1.32 bits per heavy atom. The Labute approximate surface area is 182 Å². The number of piperidine rings is 1. The third-order valence-corrected chi connectivity index (χ3v) is 5.98. The molecule has 1 aliphatic heterocycles. The molecule has 0 aliphatic carbocycles. The van der Waals surface area contributed by atoms with Gasteiger partial charge in [0.25, 0.3) is 5.91 Å². The molecule has 1 fully saturated rings. The Morgan fingerprint density at radius 2 is 2.00 bits per heavy atom. The maximum Gasteiger partial charge on any atom is 0.417 e. The predicted molar refractivity (Wildman–Crippen MR) is 113 cm³/mol. The van der Waals surface area contributed by atoms with Crippen LogP contribution in [0.5, 0.6) is 0 Å². The third kappa shape index (κ3) is 5.38. The van der Waals surface area contributed by atoms with E-state index in [4.69, 9.17) is 4.74 Å². The second-order valence-corrected chi connectivity index (χ2v) is 8.71. The van der Waals surface area contributed by atoms with Gasteiger partial charge in [-0.3, -0.25) is 4.79 Å². The minimum Gasteiger partial charge on any atom is -0.449 e. The van der Waals surface area contributed by atoms with Crippen molar-refractivity contribution in [1.29, 1.82) is 0 Å². The van der Waals surface area contributed by atoms with Gasteiger partial charge in [0.15, 0.2) is 0 Å². The summed E-state index contributed by atoms with van der Waals surface area (Å²) >= 11 is 0.857. The minimum atomic E-state index is -4.57. The van der Waals surface area contributed by atoms with Crippen molar-refractivity contribution in [3.63, 3.8) is 0 Å². The van der Waals surface area contributed by atoms with Crippen LogP contribution in [0.3, 0.4) is 0 Å². The molecule has 11 heteroatoms. The standard InChI is InChI=1S/C20H25F3N4O3S/c1-11(2)9-30-19(29)25-12-4-6-27(7-5-12)15-8-14(20(21,22)23)17-16(26-15)13(10-31-17)18(28)24-3/h8,10-12H,4-7,9H2,1-3H3,(H,24,28)(H,25,29). The van der Waals surface area contributed by atoms with Crippen LogP contribution < -0.4 is 15.5 Å². The Kier molecular flexibility index (Phi) is 6.93. The van der Waals surface area contributed by atoms with E-state index in [9.17, 15) is 22.8 Å². The van der Waals surface area contributed by atoms with Crippen molar-refractivity contribution in [3.8, 4) is 0 Å². The molecule has 2 amide bonds. The zero-order valence-electron chi connectivity index (χ0n) is 17.5. The second kappa shape index (κ2) is 9.29. The topological polar surface area (TPSA) is 83.6 Å². The molecule has 2 aromatic rings. The van der Waals surface area contributed by atoms with Crippen molar-refractivity contribution in [2.24, 2.45) is 5.92 Å². The number of hydrogen-bond donors (Lipinski definition) is 2. The second-order valence-electron chi connectivity index (χ2n) is 7.83. The molecule has 0 unspecified atom stereocenters. The van der Waals surface area contributed by atoms with E-state index >= 15 is 0 Å². The number of anilines is 1. The highest BCUT2D eigenvalue weighted by atomic mass is 32.1. The number of pyridine rings is 1. The lowest BCUT2D eigenvalue weighted by Crippen LogP contribution is -2.45. The van der Waals surface area contributed by atoms with Crippen molar-refractivity contribution in [3.05, 3.63) is 22.6 Å². The van der Waals surface area contributed by atoms with Crippen LogP contribution in [0.25, 0.3) is 10.2 Å². The average molecular weight is 459 g/mol.